The molecule has 0 spiro atoms. The maximum Gasteiger partial charge on any atom is 0.673 e. The highest BCUT2D eigenvalue weighted by Gasteiger charge is 2.20. The minimum Gasteiger partial charge on any atom is -0.418 e. The molecule has 0 fully saturated rings. The van der Waals surface area contributed by atoms with E-state index < -0.39 is 7.25 Å². The standard InChI is InChI=1S/C5H7S2.BF4/c1-4-5(2)7-3-6-4;2-1(3,4)5/h3H,1-2H3;/q+1;-1. The minimum atomic E-state index is -6.00. The van der Waals surface area contributed by atoms with Gasteiger partial charge in [-0.1, -0.05) is 0 Å². The maximum absolute atomic E-state index is 9.75. The van der Waals surface area contributed by atoms with E-state index in [0.717, 1.165) is 0 Å². The molecule has 0 nitrogen and oxygen atoms in total. The summed E-state index contributed by atoms with van der Waals surface area (Å²) >= 11 is 3.65. The fourth-order valence-corrected chi connectivity index (χ4v) is 2.30. The van der Waals surface area contributed by atoms with Gasteiger partial charge in [-0.05, 0) is 13.8 Å². The first-order chi connectivity index (χ1) is 5.30. The third kappa shape index (κ3) is 7.94. The van der Waals surface area contributed by atoms with Gasteiger partial charge in [-0.15, -0.1) is 0 Å². The van der Waals surface area contributed by atoms with Crippen LogP contribution in [0.4, 0.5) is 17.3 Å². The molecular formula is C5H7BF4S2. The summed E-state index contributed by atoms with van der Waals surface area (Å²) in [5.41, 5.74) is 0. The topological polar surface area (TPSA) is 0 Å². The van der Waals surface area contributed by atoms with Crippen LogP contribution >= 0.6 is 22.7 Å². The lowest BCUT2D eigenvalue weighted by Gasteiger charge is -1.94. The molecule has 0 unspecified atom stereocenters. The summed E-state index contributed by atoms with van der Waals surface area (Å²) in [7, 11) is -6.00. The molecule has 7 heteroatoms. The Bertz CT molecular complexity index is 209. The second kappa shape index (κ2) is 4.76. The van der Waals surface area contributed by atoms with E-state index in [1.807, 2.05) is 22.7 Å². The molecule has 70 valence electrons. The molecule has 0 aliphatic carbocycles. The zero-order valence-electron chi connectivity index (χ0n) is 6.48. The van der Waals surface area contributed by atoms with Gasteiger partial charge in [0.05, 0.1) is 22.7 Å². The molecule has 0 saturated carbocycles. The number of hydrogen-bond donors (Lipinski definition) is 0. The molecule has 0 atom stereocenters. The Labute approximate surface area is 76.0 Å². The molecule has 0 radical (unpaired) electrons. The van der Waals surface area contributed by atoms with Crippen molar-refractivity contribution in [3.63, 3.8) is 0 Å². The SMILES string of the molecule is Cc1sc[s+]c1C.F[B-](F)(F)F. The van der Waals surface area contributed by atoms with Crippen molar-refractivity contribution in [3.8, 4) is 0 Å². The summed E-state index contributed by atoms with van der Waals surface area (Å²) in [5.74, 6) is 0. The number of aryl methyl sites for hydroxylation is 2. The second-order valence-corrected chi connectivity index (χ2v) is 4.41. The normalized spacial score (nSPS) is 10.5. The predicted molar refractivity (Wildman–Crippen MR) is 46.3 cm³/mol. The smallest absolute Gasteiger partial charge is 0.418 e. The Hall–Kier alpha value is -0.165. The molecule has 1 aromatic heterocycles. The van der Waals surface area contributed by atoms with E-state index in [9.17, 15) is 17.3 Å². The van der Waals surface area contributed by atoms with Gasteiger partial charge in [0.1, 0.15) is 9.75 Å². The lowest BCUT2D eigenvalue weighted by Crippen LogP contribution is -2.02. The Morgan fingerprint density at radius 1 is 1.25 bits per heavy atom. The molecule has 0 saturated heterocycles. The summed E-state index contributed by atoms with van der Waals surface area (Å²) < 4.78 is 41.2. The highest BCUT2D eigenvalue weighted by molar-refractivity contribution is 7.28. The average molecular weight is 218 g/mol. The zero-order valence-corrected chi connectivity index (χ0v) is 8.12. The molecular weight excluding hydrogens is 211 g/mol. The molecule has 0 bridgehead atoms. The van der Waals surface area contributed by atoms with E-state index in [4.69, 9.17) is 0 Å². The molecule has 12 heavy (non-hydrogen) atoms. The van der Waals surface area contributed by atoms with Crippen molar-refractivity contribution < 1.29 is 17.3 Å². The van der Waals surface area contributed by atoms with Gasteiger partial charge in [0, 0.05) is 0 Å². The van der Waals surface area contributed by atoms with Crippen LogP contribution in [0.2, 0.25) is 0 Å². The summed E-state index contributed by atoms with van der Waals surface area (Å²) in [6.07, 6.45) is 0. The Morgan fingerprint density at radius 3 is 1.75 bits per heavy atom. The van der Waals surface area contributed by atoms with E-state index in [1.165, 1.54) is 9.75 Å². The van der Waals surface area contributed by atoms with Crippen LogP contribution in [-0.2, 0) is 0 Å². The molecule has 1 heterocycles. The van der Waals surface area contributed by atoms with Crippen molar-refractivity contribution in [2.75, 3.05) is 0 Å². The summed E-state index contributed by atoms with van der Waals surface area (Å²) in [4.78, 5) is 2.90. The summed E-state index contributed by atoms with van der Waals surface area (Å²) in [6.45, 7) is 4.30. The second-order valence-electron chi connectivity index (χ2n) is 1.94. The Morgan fingerprint density at radius 2 is 1.67 bits per heavy atom. The van der Waals surface area contributed by atoms with Crippen LogP contribution in [0.5, 0.6) is 0 Å². The van der Waals surface area contributed by atoms with Crippen molar-refractivity contribution in [3.05, 3.63) is 14.4 Å². The fraction of sp³-hybridized carbons (Fsp3) is 0.400. The van der Waals surface area contributed by atoms with Gasteiger partial charge in [0.2, 0.25) is 4.69 Å². The van der Waals surface area contributed by atoms with Crippen LogP contribution in [0.3, 0.4) is 0 Å². The van der Waals surface area contributed by atoms with E-state index >= 15 is 0 Å². The number of rotatable bonds is 0. The predicted octanol–water partition coefficient (Wildman–Crippen LogP) is 4.01. The van der Waals surface area contributed by atoms with Gasteiger partial charge in [-0.2, -0.15) is 0 Å². The first-order valence-electron chi connectivity index (χ1n) is 3.00. The molecule has 0 aromatic carbocycles. The van der Waals surface area contributed by atoms with Gasteiger partial charge < -0.3 is 17.3 Å². The van der Waals surface area contributed by atoms with Crippen molar-refractivity contribution in [2.45, 2.75) is 13.8 Å². The van der Waals surface area contributed by atoms with Gasteiger partial charge in [0.15, 0.2) is 0 Å². The highest BCUT2D eigenvalue weighted by Crippen LogP contribution is 2.18. The molecule has 0 aliphatic heterocycles. The van der Waals surface area contributed by atoms with Gasteiger partial charge in [0.25, 0.3) is 0 Å². The minimum absolute atomic E-state index is 1.45. The van der Waals surface area contributed by atoms with E-state index in [2.05, 4.69) is 18.5 Å². The third-order valence-electron chi connectivity index (χ3n) is 0.946. The largest absolute Gasteiger partial charge is 0.673 e. The van der Waals surface area contributed by atoms with Crippen molar-refractivity contribution in [1.29, 1.82) is 0 Å². The Kier molecular flexibility index (Phi) is 4.70. The lowest BCUT2D eigenvalue weighted by molar-refractivity contribution is 0.368. The van der Waals surface area contributed by atoms with Crippen LogP contribution in [0.1, 0.15) is 9.75 Å². The van der Waals surface area contributed by atoms with E-state index in [0.29, 0.717) is 0 Å². The average Bonchev–Trinajstić information content (AvgIpc) is 2.12. The first kappa shape index (κ1) is 11.8. The number of halogens is 4. The summed E-state index contributed by atoms with van der Waals surface area (Å²) in [6, 6.07) is 0. The highest BCUT2D eigenvalue weighted by atomic mass is 32.2. The molecule has 0 amide bonds. The lowest BCUT2D eigenvalue weighted by atomic mass is 10.3. The van der Waals surface area contributed by atoms with Crippen molar-refractivity contribution in [1.82, 2.24) is 0 Å². The molecule has 1 aromatic rings. The monoisotopic (exact) mass is 218 g/mol. The quantitative estimate of drug-likeness (QED) is 0.350. The molecule has 0 aliphatic rings. The van der Waals surface area contributed by atoms with Gasteiger partial charge in [-0.3, -0.25) is 0 Å². The molecule has 1 rings (SSSR count). The molecule has 0 N–H and O–H groups in total. The van der Waals surface area contributed by atoms with Crippen LogP contribution in [0, 0.1) is 13.8 Å². The van der Waals surface area contributed by atoms with E-state index in [1.54, 1.807) is 0 Å². The van der Waals surface area contributed by atoms with Crippen LogP contribution in [0.15, 0.2) is 4.69 Å². The zero-order chi connectivity index (χ0) is 9.78. The number of hydrogen-bond acceptors (Lipinski definition) is 1. The van der Waals surface area contributed by atoms with Crippen molar-refractivity contribution in [2.24, 2.45) is 0 Å². The van der Waals surface area contributed by atoms with Crippen LogP contribution in [-0.4, -0.2) is 7.25 Å². The fourth-order valence-electron chi connectivity index (χ4n) is 0.334. The van der Waals surface area contributed by atoms with E-state index in [-0.39, 0.29) is 0 Å². The maximum atomic E-state index is 9.75. The van der Waals surface area contributed by atoms with Gasteiger partial charge >= 0.3 is 7.25 Å². The first-order valence-corrected chi connectivity index (χ1v) is 4.76. The van der Waals surface area contributed by atoms with Gasteiger partial charge in [-0.25, -0.2) is 0 Å². The third-order valence-corrected chi connectivity index (χ3v) is 3.16. The summed E-state index contributed by atoms with van der Waals surface area (Å²) in [5, 5.41) is 0. The van der Waals surface area contributed by atoms with Crippen molar-refractivity contribution >= 4 is 29.9 Å². The Balaban J connectivity index is 0.000000217. The van der Waals surface area contributed by atoms with Crippen LogP contribution in [0.25, 0.3) is 0 Å². The van der Waals surface area contributed by atoms with Crippen LogP contribution < -0.4 is 0 Å².